The van der Waals surface area contributed by atoms with Gasteiger partial charge in [-0.25, -0.2) is 0 Å². The van der Waals surface area contributed by atoms with Crippen LogP contribution in [0.5, 0.6) is 5.75 Å². The van der Waals surface area contributed by atoms with E-state index in [0.717, 1.165) is 0 Å². The van der Waals surface area contributed by atoms with Crippen molar-refractivity contribution in [2.45, 2.75) is 13.0 Å². The monoisotopic (exact) mass is 265 g/mol. The third-order valence-electron chi connectivity index (χ3n) is 2.14. The Hall–Kier alpha value is -1.99. The summed E-state index contributed by atoms with van der Waals surface area (Å²) in [4.78, 5) is 22.4. The van der Waals surface area contributed by atoms with E-state index in [4.69, 9.17) is 22.8 Å². The summed E-state index contributed by atoms with van der Waals surface area (Å²) in [6.07, 6.45) is 4.89. The molecule has 1 rings (SSSR count). The first-order valence-corrected chi connectivity index (χ1v) is 5.59. The van der Waals surface area contributed by atoms with Gasteiger partial charge >= 0.3 is 0 Å². The summed E-state index contributed by atoms with van der Waals surface area (Å²) < 4.78 is 5.38. The predicted octanol–water partition coefficient (Wildman–Crippen LogP) is 1.67. The minimum absolute atomic E-state index is 0.133. The Balaban J connectivity index is 2.75. The molecular formula is C13H12ClNO3. The van der Waals surface area contributed by atoms with Gasteiger partial charge in [0.25, 0.3) is 5.91 Å². The number of hydrogen-bond donors (Lipinski definition) is 1. The van der Waals surface area contributed by atoms with E-state index in [1.54, 1.807) is 13.0 Å². The van der Waals surface area contributed by atoms with E-state index < -0.39 is 6.10 Å². The maximum absolute atomic E-state index is 11.5. The van der Waals surface area contributed by atoms with Gasteiger partial charge in [-0.2, -0.15) is 0 Å². The summed E-state index contributed by atoms with van der Waals surface area (Å²) >= 11 is 5.75. The van der Waals surface area contributed by atoms with Gasteiger partial charge in [0.15, 0.2) is 12.4 Å². The molecule has 0 heterocycles. The van der Waals surface area contributed by atoms with Crippen molar-refractivity contribution in [3.8, 4) is 18.1 Å². The van der Waals surface area contributed by atoms with Crippen LogP contribution < -0.4 is 10.1 Å². The maximum atomic E-state index is 11.5. The van der Waals surface area contributed by atoms with Crippen molar-refractivity contribution in [2.24, 2.45) is 0 Å². The van der Waals surface area contributed by atoms with Gasteiger partial charge in [0.2, 0.25) is 0 Å². The lowest BCUT2D eigenvalue weighted by molar-refractivity contribution is -0.127. The average Bonchev–Trinajstić information content (AvgIpc) is 2.37. The third kappa shape index (κ3) is 3.79. The van der Waals surface area contributed by atoms with Crippen molar-refractivity contribution in [1.29, 1.82) is 0 Å². The molecule has 1 amide bonds. The van der Waals surface area contributed by atoms with Crippen LogP contribution in [0.25, 0.3) is 0 Å². The van der Waals surface area contributed by atoms with Crippen LogP contribution in [-0.2, 0) is 4.79 Å². The Bertz CT molecular complexity index is 493. The van der Waals surface area contributed by atoms with Gasteiger partial charge in [0.1, 0.15) is 5.75 Å². The molecule has 1 N–H and O–H groups in total. The number of benzene rings is 1. The van der Waals surface area contributed by atoms with Gasteiger partial charge in [-0.05, 0) is 25.1 Å². The molecule has 1 aromatic rings. The van der Waals surface area contributed by atoms with Crippen molar-refractivity contribution in [3.63, 3.8) is 0 Å². The Kier molecular flexibility index (Phi) is 5.22. The molecule has 1 unspecified atom stereocenters. The Morgan fingerprint density at radius 3 is 3.00 bits per heavy atom. The van der Waals surface area contributed by atoms with E-state index in [-0.39, 0.29) is 12.5 Å². The molecule has 1 aromatic carbocycles. The zero-order valence-corrected chi connectivity index (χ0v) is 10.5. The van der Waals surface area contributed by atoms with E-state index in [0.29, 0.717) is 22.6 Å². The van der Waals surface area contributed by atoms with Crippen LogP contribution in [0.4, 0.5) is 0 Å². The number of carbonyl (C=O) groups excluding carboxylic acids is 2. The molecule has 0 saturated carbocycles. The second-order valence-corrected chi connectivity index (χ2v) is 3.92. The minimum atomic E-state index is -0.752. The van der Waals surface area contributed by atoms with Crippen LogP contribution in [0, 0.1) is 12.3 Å². The molecule has 0 aromatic heterocycles. The molecule has 0 saturated heterocycles. The lowest BCUT2D eigenvalue weighted by atomic mass is 10.2. The van der Waals surface area contributed by atoms with Gasteiger partial charge in [0.05, 0.1) is 12.1 Å². The van der Waals surface area contributed by atoms with Gasteiger partial charge < -0.3 is 10.1 Å². The van der Waals surface area contributed by atoms with Crippen LogP contribution in [0.15, 0.2) is 18.2 Å². The zero-order chi connectivity index (χ0) is 13.5. The number of nitrogens with one attached hydrogen (secondary N) is 1. The molecule has 4 nitrogen and oxygen atoms in total. The molecule has 1 atom stereocenters. The molecule has 0 bridgehead atoms. The summed E-state index contributed by atoms with van der Waals surface area (Å²) in [5, 5.41) is 2.91. The Morgan fingerprint density at radius 2 is 2.39 bits per heavy atom. The number of terminal acetylenes is 1. The second-order valence-electron chi connectivity index (χ2n) is 3.48. The average molecular weight is 266 g/mol. The fourth-order valence-corrected chi connectivity index (χ4v) is 1.43. The first-order chi connectivity index (χ1) is 8.58. The smallest absolute Gasteiger partial charge is 0.261 e. The number of hydrogen-bond acceptors (Lipinski definition) is 3. The molecule has 5 heteroatoms. The number of aldehydes is 1. The largest absolute Gasteiger partial charge is 0.480 e. The lowest BCUT2D eigenvalue weighted by Crippen LogP contribution is -2.36. The van der Waals surface area contributed by atoms with Crippen LogP contribution >= 0.6 is 11.6 Å². The normalized spacial score (nSPS) is 11.2. The fourth-order valence-electron chi connectivity index (χ4n) is 1.24. The molecule has 0 radical (unpaired) electrons. The quantitative estimate of drug-likeness (QED) is 0.651. The molecule has 0 aliphatic heterocycles. The molecule has 18 heavy (non-hydrogen) atoms. The number of amides is 1. The lowest BCUT2D eigenvalue weighted by Gasteiger charge is -2.15. The first kappa shape index (κ1) is 14.1. The standard InChI is InChI=1S/C13H12ClNO3/c1-3-6-15-13(17)9(2)18-12-5-4-11(14)7-10(12)8-16/h1,4-5,7-9H,6H2,2H3,(H,15,17). The topological polar surface area (TPSA) is 55.4 Å². The van der Waals surface area contributed by atoms with Crippen molar-refractivity contribution >= 4 is 23.8 Å². The number of rotatable bonds is 5. The maximum Gasteiger partial charge on any atom is 0.261 e. The van der Waals surface area contributed by atoms with E-state index >= 15 is 0 Å². The zero-order valence-electron chi connectivity index (χ0n) is 9.77. The minimum Gasteiger partial charge on any atom is -0.480 e. The molecule has 0 aliphatic rings. The van der Waals surface area contributed by atoms with E-state index in [1.807, 2.05) is 0 Å². The second kappa shape index (κ2) is 6.67. The van der Waals surface area contributed by atoms with Crippen LogP contribution in [-0.4, -0.2) is 24.8 Å². The summed E-state index contributed by atoms with van der Waals surface area (Å²) in [6.45, 7) is 1.70. The van der Waals surface area contributed by atoms with Gasteiger partial charge in [-0.15, -0.1) is 6.42 Å². The molecular weight excluding hydrogens is 254 g/mol. The van der Waals surface area contributed by atoms with Crippen LogP contribution in [0.2, 0.25) is 5.02 Å². The molecule has 0 aliphatic carbocycles. The summed E-state index contributed by atoms with van der Waals surface area (Å²) in [5.74, 6) is 2.24. The Labute approximate surface area is 110 Å². The number of ether oxygens (including phenoxy) is 1. The Morgan fingerprint density at radius 1 is 1.67 bits per heavy atom. The van der Waals surface area contributed by atoms with Gasteiger partial charge in [-0.3, -0.25) is 9.59 Å². The SMILES string of the molecule is C#CCNC(=O)C(C)Oc1ccc(Cl)cc1C=O. The van der Waals surface area contributed by atoms with E-state index in [9.17, 15) is 9.59 Å². The third-order valence-corrected chi connectivity index (χ3v) is 2.37. The summed E-state index contributed by atoms with van der Waals surface area (Å²) in [7, 11) is 0. The molecule has 0 spiro atoms. The van der Waals surface area contributed by atoms with Crippen molar-refractivity contribution in [3.05, 3.63) is 28.8 Å². The highest BCUT2D eigenvalue weighted by atomic mass is 35.5. The van der Waals surface area contributed by atoms with E-state index in [2.05, 4.69) is 11.2 Å². The highest BCUT2D eigenvalue weighted by molar-refractivity contribution is 6.30. The fraction of sp³-hybridized carbons (Fsp3) is 0.231. The molecule has 0 fully saturated rings. The van der Waals surface area contributed by atoms with Crippen LogP contribution in [0.3, 0.4) is 0 Å². The van der Waals surface area contributed by atoms with Crippen molar-refractivity contribution in [2.75, 3.05) is 6.54 Å². The van der Waals surface area contributed by atoms with E-state index in [1.165, 1.54) is 12.1 Å². The highest BCUT2D eigenvalue weighted by Gasteiger charge is 2.15. The summed E-state index contributed by atoms with van der Waals surface area (Å²) in [6, 6.07) is 4.59. The summed E-state index contributed by atoms with van der Waals surface area (Å²) in [5.41, 5.74) is 0.291. The first-order valence-electron chi connectivity index (χ1n) is 5.21. The predicted molar refractivity (Wildman–Crippen MR) is 68.8 cm³/mol. The van der Waals surface area contributed by atoms with Gasteiger partial charge in [-0.1, -0.05) is 17.5 Å². The van der Waals surface area contributed by atoms with Crippen molar-refractivity contribution < 1.29 is 14.3 Å². The van der Waals surface area contributed by atoms with Gasteiger partial charge in [0, 0.05) is 5.02 Å². The highest BCUT2D eigenvalue weighted by Crippen LogP contribution is 2.22. The number of carbonyl (C=O) groups is 2. The van der Waals surface area contributed by atoms with Crippen molar-refractivity contribution in [1.82, 2.24) is 5.32 Å². The van der Waals surface area contributed by atoms with Crippen LogP contribution in [0.1, 0.15) is 17.3 Å². The number of halogens is 1. The molecule has 94 valence electrons.